The van der Waals surface area contributed by atoms with Crippen molar-refractivity contribution in [1.29, 1.82) is 0 Å². The van der Waals surface area contributed by atoms with Crippen LogP contribution in [0, 0.1) is 13.8 Å². The number of anilines is 1. The van der Waals surface area contributed by atoms with Crippen molar-refractivity contribution in [3.8, 4) is 11.1 Å². The number of hydrogen-bond acceptors (Lipinski definition) is 5. The number of hydrogen-bond donors (Lipinski definition) is 2. The number of benzene rings is 1. The van der Waals surface area contributed by atoms with E-state index in [4.69, 9.17) is 4.52 Å². The summed E-state index contributed by atoms with van der Waals surface area (Å²) in [6.07, 6.45) is 0. The van der Waals surface area contributed by atoms with E-state index in [9.17, 15) is 13.2 Å². The van der Waals surface area contributed by atoms with Crippen LogP contribution in [0.1, 0.15) is 25.1 Å². The summed E-state index contributed by atoms with van der Waals surface area (Å²) in [5.74, 6) is -0.0966. The van der Waals surface area contributed by atoms with E-state index in [0.29, 0.717) is 28.9 Å². The van der Waals surface area contributed by atoms with Crippen LogP contribution >= 0.6 is 0 Å². The fourth-order valence-electron chi connectivity index (χ4n) is 2.27. The van der Waals surface area contributed by atoms with Crippen molar-refractivity contribution >= 4 is 21.8 Å². The molecule has 7 nitrogen and oxygen atoms in total. The zero-order valence-electron chi connectivity index (χ0n) is 13.4. The summed E-state index contributed by atoms with van der Waals surface area (Å²) in [4.78, 5) is 11.5. The number of nitrogens with zero attached hydrogens (tertiary/aromatic N) is 1. The molecule has 23 heavy (non-hydrogen) atoms. The number of aromatic nitrogens is 1. The highest BCUT2D eigenvalue weighted by Gasteiger charge is 2.21. The third-order valence-electron chi connectivity index (χ3n) is 3.25. The van der Waals surface area contributed by atoms with Gasteiger partial charge in [-0.25, -0.2) is 13.1 Å². The summed E-state index contributed by atoms with van der Waals surface area (Å²) in [6, 6.07) is 5.03. The number of aryl methyl sites for hydroxylation is 2. The summed E-state index contributed by atoms with van der Waals surface area (Å²) >= 11 is 0. The third-order valence-corrected chi connectivity index (χ3v) is 4.94. The lowest BCUT2D eigenvalue weighted by Gasteiger charge is -2.10. The van der Waals surface area contributed by atoms with Crippen LogP contribution in [0.2, 0.25) is 0 Å². The van der Waals surface area contributed by atoms with Crippen LogP contribution in [0.25, 0.3) is 11.1 Å². The van der Waals surface area contributed by atoms with Crippen LogP contribution in [-0.2, 0) is 14.8 Å². The first-order valence-electron chi connectivity index (χ1n) is 7.10. The first-order valence-corrected chi connectivity index (χ1v) is 8.59. The summed E-state index contributed by atoms with van der Waals surface area (Å²) in [7, 11) is -3.59. The van der Waals surface area contributed by atoms with Crippen molar-refractivity contribution in [2.45, 2.75) is 32.6 Å². The zero-order valence-corrected chi connectivity index (χ0v) is 14.2. The van der Waals surface area contributed by atoms with E-state index in [1.54, 1.807) is 39.0 Å². The van der Waals surface area contributed by atoms with E-state index in [1.165, 1.54) is 6.92 Å². The van der Waals surface area contributed by atoms with Gasteiger partial charge in [0, 0.05) is 13.5 Å². The lowest BCUT2D eigenvalue weighted by molar-refractivity contribution is -0.114. The van der Waals surface area contributed by atoms with E-state index in [0.717, 1.165) is 0 Å². The number of nitrogens with one attached hydrogen (secondary N) is 2. The van der Waals surface area contributed by atoms with E-state index in [1.807, 2.05) is 0 Å². The van der Waals surface area contributed by atoms with Crippen molar-refractivity contribution in [3.63, 3.8) is 0 Å². The summed E-state index contributed by atoms with van der Waals surface area (Å²) in [5, 5.41) is 6.40. The van der Waals surface area contributed by atoms with Crippen LogP contribution < -0.4 is 10.0 Å². The molecule has 0 saturated heterocycles. The van der Waals surface area contributed by atoms with Gasteiger partial charge in [0.25, 0.3) is 0 Å². The molecule has 0 aliphatic rings. The monoisotopic (exact) mass is 337 g/mol. The SMILES string of the molecule is CCNS(=O)(=O)c1cc(-c2c(C)noc2NC(C)=O)ccc1C. The highest BCUT2D eigenvalue weighted by atomic mass is 32.2. The zero-order chi connectivity index (χ0) is 17.2. The number of sulfonamides is 1. The fraction of sp³-hybridized carbons (Fsp3) is 0.333. The first kappa shape index (κ1) is 17.2. The molecule has 0 fully saturated rings. The molecule has 1 amide bonds. The van der Waals surface area contributed by atoms with Crippen molar-refractivity contribution in [2.24, 2.45) is 0 Å². The largest absolute Gasteiger partial charge is 0.337 e. The van der Waals surface area contributed by atoms with Crippen LogP contribution in [-0.4, -0.2) is 26.0 Å². The van der Waals surface area contributed by atoms with Gasteiger partial charge in [0.2, 0.25) is 21.8 Å². The van der Waals surface area contributed by atoms with E-state index >= 15 is 0 Å². The molecular formula is C15H19N3O4S. The predicted molar refractivity (Wildman–Crippen MR) is 86.6 cm³/mol. The molecule has 0 saturated carbocycles. The molecule has 1 aromatic heterocycles. The molecular weight excluding hydrogens is 318 g/mol. The molecule has 1 aromatic carbocycles. The number of carbonyl (C=O) groups excluding carboxylic acids is 1. The second-order valence-electron chi connectivity index (χ2n) is 5.13. The summed E-state index contributed by atoms with van der Waals surface area (Å²) < 4.78 is 32.2. The maximum absolute atomic E-state index is 12.3. The molecule has 0 atom stereocenters. The van der Waals surface area contributed by atoms with Gasteiger partial charge in [-0.3, -0.25) is 10.1 Å². The quantitative estimate of drug-likeness (QED) is 0.871. The van der Waals surface area contributed by atoms with Crippen molar-refractivity contribution in [2.75, 3.05) is 11.9 Å². The Morgan fingerprint density at radius 1 is 1.30 bits per heavy atom. The Bertz CT molecular complexity index is 840. The molecule has 8 heteroatoms. The summed E-state index contributed by atoms with van der Waals surface area (Å²) in [5.41, 5.74) is 2.36. The Kier molecular flexibility index (Phi) is 4.86. The Morgan fingerprint density at radius 3 is 2.61 bits per heavy atom. The van der Waals surface area contributed by atoms with E-state index in [-0.39, 0.29) is 16.7 Å². The molecule has 0 radical (unpaired) electrons. The maximum Gasteiger partial charge on any atom is 0.240 e. The third kappa shape index (κ3) is 3.59. The first-order chi connectivity index (χ1) is 10.8. The fourth-order valence-corrected chi connectivity index (χ4v) is 3.58. The van der Waals surface area contributed by atoms with Gasteiger partial charge in [-0.15, -0.1) is 0 Å². The highest BCUT2D eigenvalue weighted by Crippen LogP contribution is 2.33. The predicted octanol–water partition coefficient (Wildman–Crippen LogP) is 2.22. The van der Waals surface area contributed by atoms with Gasteiger partial charge in [-0.1, -0.05) is 24.2 Å². The highest BCUT2D eigenvalue weighted by molar-refractivity contribution is 7.89. The van der Waals surface area contributed by atoms with Crippen molar-refractivity contribution in [3.05, 3.63) is 29.5 Å². The molecule has 1 heterocycles. The van der Waals surface area contributed by atoms with E-state index < -0.39 is 10.0 Å². The average Bonchev–Trinajstić information content (AvgIpc) is 2.79. The Morgan fingerprint density at radius 2 is 2.00 bits per heavy atom. The molecule has 2 rings (SSSR count). The molecule has 0 bridgehead atoms. The van der Waals surface area contributed by atoms with Crippen LogP contribution in [0.5, 0.6) is 0 Å². The maximum atomic E-state index is 12.3. The molecule has 0 unspecified atom stereocenters. The number of amides is 1. The van der Waals surface area contributed by atoms with Gasteiger partial charge in [0.1, 0.15) is 0 Å². The molecule has 0 aliphatic carbocycles. The molecule has 124 valence electrons. The summed E-state index contributed by atoms with van der Waals surface area (Å²) in [6.45, 7) is 6.83. The normalized spacial score (nSPS) is 11.5. The van der Waals surface area contributed by atoms with Gasteiger partial charge in [-0.05, 0) is 31.0 Å². The second-order valence-corrected chi connectivity index (χ2v) is 6.87. The van der Waals surface area contributed by atoms with Gasteiger partial charge >= 0.3 is 0 Å². The smallest absolute Gasteiger partial charge is 0.240 e. The molecule has 2 aromatic rings. The molecule has 0 spiro atoms. The van der Waals surface area contributed by atoms with Gasteiger partial charge in [0.05, 0.1) is 16.2 Å². The number of carbonyl (C=O) groups is 1. The topological polar surface area (TPSA) is 101 Å². The second kappa shape index (κ2) is 6.51. The minimum absolute atomic E-state index is 0.186. The van der Waals surface area contributed by atoms with Crippen molar-refractivity contribution < 1.29 is 17.7 Å². The lowest BCUT2D eigenvalue weighted by Crippen LogP contribution is -2.23. The minimum atomic E-state index is -3.59. The standard InChI is InChI=1S/C15H19N3O4S/c1-5-16-23(20,21)13-8-12(7-6-9(13)2)14-10(3)18-22-15(14)17-11(4)19/h6-8,16H,5H2,1-4H3,(H,17,19). The van der Waals surface area contributed by atoms with Crippen molar-refractivity contribution in [1.82, 2.24) is 9.88 Å². The van der Waals surface area contributed by atoms with Crippen LogP contribution in [0.15, 0.2) is 27.6 Å². The van der Waals surface area contributed by atoms with Crippen LogP contribution in [0.3, 0.4) is 0 Å². The Balaban J connectivity index is 2.59. The Hall–Kier alpha value is -2.19. The van der Waals surface area contributed by atoms with Gasteiger partial charge in [-0.2, -0.15) is 0 Å². The number of rotatable bonds is 5. The average molecular weight is 337 g/mol. The lowest BCUT2D eigenvalue weighted by atomic mass is 10.0. The Labute approximate surface area is 135 Å². The van der Waals surface area contributed by atoms with Gasteiger partial charge in [0.15, 0.2) is 0 Å². The van der Waals surface area contributed by atoms with Crippen LogP contribution in [0.4, 0.5) is 5.88 Å². The van der Waals surface area contributed by atoms with Gasteiger partial charge < -0.3 is 4.52 Å². The molecule has 2 N–H and O–H groups in total. The van der Waals surface area contributed by atoms with E-state index in [2.05, 4.69) is 15.2 Å². The minimum Gasteiger partial charge on any atom is -0.337 e. The molecule has 0 aliphatic heterocycles.